The molecule has 1 fully saturated rings. The Labute approximate surface area is 68.9 Å². The zero-order valence-electron chi connectivity index (χ0n) is 7.67. The van der Waals surface area contributed by atoms with E-state index < -0.39 is 0 Å². The number of hydrogen-bond donors (Lipinski definition) is 0. The van der Waals surface area contributed by atoms with Crippen molar-refractivity contribution in [3.8, 4) is 0 Å². The van der Waals surface area contributed by atoms with Crippen molar-refractivity contribution in [2.75, 3.05) is 14.2 Å². The SMILES string of the molecule is CO[C@@H]1CC[C@@H](OC)[C@@H](C)C1. The molecule has 2 heteroatoms. The maximum Gasteiger partial charge on any atom is 0.0598 e. The molecule has 0 aliphatic heterocycles. The molecule has 1 aliphatic carbocycles. The smallest absolute Gasteiger partial charge is 0.0598 e. The molecule has 1 aliphatic rings. The van der Waals surface area contributed by atoms with Crippen molar-refractivity contribution in [3.05, 3.63) is 0 Å². The third-order valence-corrected chi connectivity index (χ3v) is 2.68. The van der Waals surface area contributed by atoms with E-state index >= 15 is 0 Å². The van der Waals surface area contributed by atoms with E-state index in [1.807, 2.05) is 0 Å². The lowest BCUT2D eigenvalue weighted by Gasteiger charge is -2.32. The van der Waals surface area contributed by atoms with E-state index in [2.05, 4.69) is 6.92 Å². The van der Waals surface area contributed by atoms with E-state index in [0.717, 1.165) is 19.3 Å². The highest BCUT2D eigenvalue weighted by atomic mass is 16.5. The molecule has 11 heavy (non-hydrogen) atoms. The summed E-state index contributed by atoms with van der Waals surface area (Å²) in [5, 5.41) is 0. The minimum Gasteiger partial charge on any atom is -0.381 e. The van der Waals surface area contributed by atoms with Gasteiger partial charge in [0.25, 0.3) is 0 Å². The van der Waals surface area contributed by atoms with Gasteiger partial charge in [0.05, 0.1) is 12.2 Å². The maximum absolute atomic E-state index is 5.34. The Kier molecular flexibility index (Phi) is 3.34. The summed E-state index contributed by atoms with van der Waals surface area (Å²) in [4.78, 5) is 0. The molecule has 0 saturated heterocycles. The molecule has 0 amide bonds. The third-order valence-electron chi connectivity index (χ3n) is 2.68. The van der Waals surface area contributed by atoms with Crippen molar-refractivity contribution >= 4 is 0 Å². The molecular formula is C9H18O2. The zero-order valence-corrected chi connectivity index (χ0v) is 7.67. The predicted octanol–water partition coefficient (Wildman–Crippen LogP) is 1.84. The van der Waals surface area contributed by atoms with Crippen molar-refractivity contribution in [3.63, 3.8) is 0 Å². The number of hydrogen-bond acceptors (Lipinski definition) is 2. The number of rotatable bonds is 2. The minimum absolute atomic E-state index is 0.460. The van der Waals surface area contributed by atoms with Crippen LogP contribution in [0.15, 0.2) is 0 Å². The molecule has 0 spiro atoms. The molecule has 0 bridgehead atoms. The van der Waals surface area contributed by atoms with Gasteiger partial charge in [-0.1, -0.05) is 6.92 Å². The van der Waals surface area contributed by atoms with Crippen LogP contribution in [0.1, 0.15) is 26.2 Å². The number of methoxy groups -OCH3 is 2. The Morgan fingerprint density at radius 3 is 2.27 bits per heavy atom. The summed E-state index contributed by atoms with van der Waals surface area (Å²) in [6.07, 6.45) is 4.38. The standard InChI is InChI=1S/C9H18O2/c1-7-6-8(10-2)4-5-9(7)11-3/h7-9H,4-6H2,1-3H3/t7-,8+,9+/m0/s1. The average Bonchev–Trinajstić information content (AvgIpc) is 2.04. The first-order valence-corrected chi connectivity index (χ1v) is 4.33. The second kappa shape index (κ2) is 4.07. The van der Waals surface area contributed by atoms with Crippen LogP contribution in [0.3, 0.4) is 0 Å². The molecule has 66 valence electrons. The summed E-state index contributed by atoms with van der Waals surface area (Å²) in [5.41, 5.74) is 0. The fraction of sp³-hybridized carbons (Fsp3) is 1.00. The van der Waals surface area contributed by atoms with Crippen LogP contribution >= 0.6 is 0 Å². The van der Waals surface area contributed by atoms with Crippen molar-refractivity contribution in [1.29, 1.82) is 0 Å². The maximum atomic E-state index is 5.34. The van der Waals surface area contributed by atoms with Gasteiger partial charge in [0.15, 0.2) is 0 Å². The van der Waals surface area contributed by atoms with Crippen LogP contribution in [0.4, 0.5) is 0 Å². The van der Waals surface area contributed by atoms with Gasteiger partial charge in [-0.15, -0.1) is 0 Å². The molecule has 1 saturated carbocycles. The third kappa shape index (κ3) is 2.17. The van der Waals surface area contributed by atoms with E-state index in [0.29, 0.717) is 18.1 Å². The normalized spacial score (nSPS) is 39.0. The van der Waals surface area contributed by atoms with Gasteiger partial charge in [-0.3, -0.25) is 0 Å². The molecule has 0 aromatic rings. The zero-order chi connectivity index (χ0) is 8.27. The lowest BCUT2D eigenvalue weighted by atomic mass is 9.86. The van der Waals surface area contributed by atoms with E-state index in [-0.39, 0.29) is 0 Å². The second-order valence-corrected chi connectivity index (χ2v) is 3.42. The van der Waals surface area contributed by atoms with Crippen LogP contribution in [-0.4, -0.2) is 26.4 Å². The van der Waals surface area contributed by atoms with Crippen LogP contribution < -0.4 is 0 Å². The van der Waals surface area contributed by atoms with Gasteiger partial charge in [0.2, 0.25) is 0 Å². The molecule has 3 atom stereocenters. The Morgan fingerprint density at radius 1 is 1.09 bits per heavy atom. The summed E-state index contributed by atoms with van der Waals surface area (Å²) >= 11 is 0. The highest BCUT2D eigenvalue weighted by molar-refractivity contribution is 4.78. The van der Waals surface area contributed by atoms with Gasteiger partial charge in [-0.05, 0) is 25.2 Å². The van der Waals surface area contributed by atoms with Gasteiger partial charge in [-0.25, -0.2) is 0 Å². The van der Waals surface area contributed by atoms with Crippen LogP contribution in [0.25, 0.3) is 0 Å². The molecule has 0 aromatic carbocycles. The topological polar surface area (TPSA) is 18.5 Å². The Hall–Kier alpha value is -0.0800. The van der Waals surface area contributed by atoms with E-state index in [1.54, 1.807) is 14.2 Å². The fourth-order valence-corrected chi connectivity index (χ4v) is 1.88. The lowest BCUT2D eigenvalue weighted by molar-refractivity contribution is -0.0282. The predicted molar refractivity (Wildman–Crippen MR) is 44.6 cm³/mol. The van der Waals surface area contributed by atoms with Crippen molar-refractivity contribution in [2.45, 2.75) is 38.4 Å². The highest BCUT2D eigenvalue weighted by Crippen LogP contribution is 2.27. The van der Waals surface area contributed by atoms with E-state index in [4.69, 9.17) is 9.47 Å². The van der Waals surface area contributed by atoms with Gasteiger partial charge in [0, 0.05) is 14.2 Å². The summed E-state index contributed by atoms with van der Waals surface area (Å²) < 4.78 is 10.6. The van der Waals surface area contributed by atoms with E-state index in [9.17, 15) is 0 Å². The molecule has 0 heterocycles. The van der Waals surface area contributed by atoms with Crippen molar-refractivity contribution in [2.24, 2.45) is 5.92 Å². The first-order valence-electron chi connectivity index (χ1n) is 4.33. The van der Waals surface area contributed by atoms with Crippen LogP contribution in [0.5, 0.6) is 0 Å². The van der Waals surface area contributed by atoms with Crippen LogP contribution in [0.2, 0.25) is 0 Å². The average molecular weight is 158 g/mol. The summed E-state index contributed by atoms with van der Waals surface area (Å²) in [6.45, 7) is 2.24. The molecule has 0 N–H and O–H groups in total. The summed E-state index contributed by atoms with van der Waals surface area (Å²) in [7, 11) is 3.60. The molecule has 0 radical (unpaired) electrons. The lowest BCUT2D eigenvalue weighted by Crippen LogP contribution is -2.32. The first-order chi connectivity index (χ1) is 5.27. The molecule has 0 aromatic heterocycles. The highest BCUT2D eigenvalue weighted by Gasteiger charge is 2.26. The quantitative estimate of drug-likeness (QED) is 0.610. The van der Waals surface area contributed by atoms with E-state index in [1.165, 1.54) is 0 Å². The van der Waals surface area contributed by atoms with Gasteiger partial charge < -0.3 is 9.47 Å². The summed E-state index contributed by atoms with van der Waals surface area (Å²) in [5.74, 6) is 0.652. The molecular weight excluding hydrogens is 140 g/mol. The fourth-order valence-electron chi connectivity index (χ4n) is 1.88. The minimum atomic E-state index is 0.460. The van der Waals surface area contributed by atoms with Gasteiger partial charge >= 0.3 is 0 Å². The number of ether oxygens (including phenoxy) is 2. The Balaban J connectivity index is 2.34. The molecule has 2 nitrogen and oxygen atoms in total. The molecule has 0 unspecified atom stereocenters. The Morgan fingerprint density at radius 2 is 1.82 bits per heavy atom. The monoisotopic (exact) mass is 158 g/mol. The van der Waals surface area contributed by atoms with Crippen LogP contribution in [0, 0.1) is 5.92 Å². The first kappa shape index (κ1) is 9.01. The van der Waals surface area contributed by atoms with Gasteiger partial charge in [0.1, 0.15) is 0 Å². The van der Waals surface area contributed by atoms with Crippen molar-refractivity contribution in [1.82, 2.24) is 0 Å². The molecule has 1 rings (SSSR count). The Bertz CT molecular complexity index is 114. The van der Waals surface area contributed by atoms with Crippen LogP contribution in [-0.2, 0) is 9.47 Å². The van der Waals surface area contributed by atoms with Gasteiger partial charge in [-0.2, -0.15) is 0 Å². The second-order valence-electron chi connectivity index (χ2n) is 3.42. The van der Waals surface area contributed by atoms with Crippen molar-refractivity contribution < 1.29 is 9.47 Å². The largest absolute Gasteiger partial charge is 0.381 e. The summed E-state index contributed by atoms with van der Waals surface area (Å²) in [6, 6.07) is 0.